The van der Waals surface area contributed by atoms with Crippen LogP contribution in [0.3, 0.4) is 0 Å². The second-order valence-electron chi connectivity index (χ2n) is 4.86. The number of anilines is 2. The van der Waals surface area contributed by atoms with Gasteiger partial charge in [0.15, 0.2) is 0 Å². The average Bonchev–Trinajstić information content (AvgIpc) is 2.91. The molecule has 0 bridgehead atoms. The molecule has 23 heavy (non-hydrogen) atoms. The van der Waals surface area contributed by atoms with Crippen molar-refractivity contribution < 1.29 is 9.66 Å². The van der Waals surface area contributed by atoms with Gasteiger partial charge in [-0.3, -0.25) is 4.57 Å². The van der Waals surface area contributed by atoms with Crippen molar-refractivity contribution in [2.24, 2.45) is 7.05 Å². The Balaban J connectivity index is 1.76. The first kappa shape index (κ1) is 14.6. The Labute approximate surface area is 132 Å². The molecule has 0 aliphatic heterocycles. The van der Waals surface area contributed by atoms with Crippen LogP contribution < -0.4 is 10.1 Å². The van der Waals surface area contributed by atoms with Crippen molar-refractivity contribution in [1.29, 1.82) is 0 Å². The van der Waals surface area contributed by atoms with E-state index in [1.54, 1.807) is 19.2 Å². The molecule has 0 aliphatic carbocycles. The molecule has 0 atom stereocenters. The molecule has 0 unspecified atom stereocenters. The molecule has 1 aromatic heterocycles. The van der Waals surface area contributed by atoms with Crippen molar-refractivity contribution >= 4 is 17.2 Å². The molecule has 3 aromatic rings. The summed E-state index contributed by atoms with van der Waals surface area (Å²) >= 11 is 0. The summed E-state index contributed by atoms with van der Waals surface area (Å²) in [6, 6.07) is 16.9. The summed E-state index contributed by atoms with van der Waals surface area (Å²) in [7, 11) is 1.64. The van der Waals surface area contributed by atoms with Gasteiger partial charge in [-0.1, -0.05) is 18.2 Å². The molecule has 0 aliphatic rings. The number of imidazole rings is 1. The van der Waals surface area contributed by atoms with Crippen LogP contribution in [0.1, 0.15) is 0 Å². The van der Waals surface area contributed by atoms with Gasteiger partial charge >= 0.3 is 11.7 Å². The lowest BCUT2D eigenvalue weighted by Crippen LogP contribution is -1.96. The Bertz CT molecular complexity index is 813. The molecule has 0 spiro atoms. The van der Waals surface area contributed by atoms with Crippen molar-refractivity contribution in [3.05, 3.63) is 71.0 Å². The lowest BCUT2D eigenvalue weighted by molar-refractivity contribution is -0.390. The van der Waals surface area contributed by atoms with E-state index in [1.807, 2.05) is 42.5 Å². The van der Waals surface area contributed by atoms with Gasteiger partial charge < -0.3 is 20.2 Å². The molecule has 1 N–H and O–H groups in total. The lowest BCUT2D eigenvalue weighted by atomic mass is 10.2. The quantitative estimate of drug-likeness (QED) is 0.571. The fourth-order valence-corrected chi connectivity index (χ4v) is 2.06. The van der Waals surface area contributed by atoms with Crippen molar-refractivity contribution in [2.75, 3.05) is 5.32 Å². The zero-order valence-corrected chi connectivity index (χ0v) is 12.3. The molecular formula is C16H14N4O3. The van der Waals surface area contributed by atoms with Crippen molar-refractivity contribution in [1.82, 2.24) is 9.55 Å². The molecule has 0 fully saturated rings. The SMILES string of the molecule is Cn1cnc([N+](=O)[O-])c1Oc1ccc(Nc2ccccc2)cc1. The fourth-order valence-electron chi connectivity index (χ4n) is 2.06. The molecule has 2 aromatic carbocycles. The highest BCUT2D eigenvalue weighted by Crippen LogP contribution is 2.30. The molecule has 116 valence electrons. The number of aromatic nitrogens is 2. The van der Waals surface area contributed by atoms with Crippen LogP contribution in [0, 0.1) is 10.1 Å². The summed E-state index contributed by atoms with van der Waals surface area (Å²) in [5.74, 6) is 0.285. The third-order valence-corrected chi connectivity index (χ3v) is 3.17. The number of hydrogen-bond donors (Lipinski definition) is 1. The number of benzene rings is 2. The number of ether oxygens (including phenoxy) is 1. The molecule has 0 amide bonds. The summed E-state index contributed by atoms with van der Waals surface area (Å²) in [6.07, 6.45) is 1.35. The van der Waals surface area contributed by atoms with Crippen LogP contribution in [-0.4, -0.2) is 14.5 Å². The molecule has 0 saturated heterocycles. The number of nitrogens with one attached hydrogen (secondary N) is 1. The van der Waals surface area contributed by atoms with Crippen LogP contribution in [0.15, 0.2) is 60.9 Å². The monoisotopic (exact) mass is 310 g/mol. The normalized spacial score (nSPS) is 10.3. The van der Waals surface area contributed by atoms with Gasteiger partial charge in [0, 0.05) is 18.4 Å². The van der Waals surface area contributed by atoms with E-state index in [0.717, 1.165) is 11.4 Å². The van der Waals surface area contributed by atoms with Crippen LogP contribution in [0.5, 0.6) is 11.6 Å². The van der Waals surface area contributed by atoms with Crippen LogP contribution >= 0.6 is 0 Å². The van der Waals surface area contributed by atoms with Gasteiger partial charge in [0.1, 0.15) is 5.75 Å². The number of para-hydroxylation sites is 1. The highest BCUT2D eigenvalue weighted by atomic mass is 16.6. The molecule has 0 radical (unpaired) electrons. The molecular weight excluding hydrogens is 296 g/mol. The number of nitro groups is 1. The Morgan fingerprint density at radius 2 is 1.74 bits per heavy atom. The van der Waals surface area contributed by atoms with Gasteiger partial charge in [-0.2, -0.15) is 0 Å². The molecule has 7 heteroatoms. The number of hydrogen-bond acceptors (Lipinski definition) is 5. The second kappa shape index (κ2) is 6.18. The Kier molecular flexibility index (Phi) is 3.92. The van der Waals surface area contributed by atoms with Crippen LogP contribution in [0.2, 0.25) is 0 Å². The smallest absolute Gasteiger partial charge is 0.427 e. The van der Waals surface area contributed by atoms with Gasteiger partial charge in [-0.05, 0) is 46.3 Å². The second-order valence-corrected chi connectivity index (χ2v) is 4.86. The van der Waals surface area contributed by atoms with Gasteiger partial charge in [0.05, 0.1) is 0 Å². The predicted molar refractivity (Wildman–Crippen MR) is 86.1 cm³/mol. The summed E-state index contributed by atoms with van der Waals surface area (Å²) in [6.45, 7) is 0. The van der Waals surface area contributed by atoms with Crippen LogP contribution in [-0.2, 0) is 7.05 Å². The van der Waals surface area contributed by atoms with E-state index in [4.69, 9.17) is 4.74 Å². The van der Waals surface area contributed by atoms with Crippen molar-refractivity contribution in [3.8, 4) is 11.6 Å². The van der Waals surface area contributed by atoms with E-state index >= 15 is 0 Å². The zero-order chi connectivity index (χ0) is 16.2. The van der Waals surface area contributed by atoms with E-state index in [9.17, 15) is 10.1 Å². The van der Waals surface area contributed by atoms with E-state index < -0.39 is 4.92 Å². The maximum absolute atomic E-state index is 10.9. The highest BCUT2D eigenvalue weighted by molar-refractivity contribution is 5.60. The maximum atomic E-state index is 10.9. The van der Waals surface area contributed by atoms with E-state index in [-0.39, 0.29) is 11.7 Å². The van der Waals surface area contributed by atoms with Gasteiger partial charge in [-0.25, -0.2) is 0 Å². The van der Waals surface area contributed by atoms with Crippen LogP contribution in [0.25, 0.3) is 0 Å². The summed E-state index contributed by atoms with van der Waals surface area (Å²) in [5.41, 5.74) is 1.87. The summed E-state index contributed by atoms with van der Waals surface area (Å²) in [4.78, 5) is 14.1. The van der Waals surface area contributed by atoms with E-state index in [1.165, 1.54) is 10.9 Å². The van der Waals surface area contributed by atoms with Crippen molar-refractivity contribution in [2.45, 2.75) is 0 Å². The summed E-state index contributed by atoms with van der Waals surface area (Å²) in [5, 5.41) is 14.2. The van der Waals surface area contributed by atoms with Crippen molar-refractivity contribution in [3.63, 3.8) is 0 Å². The predicted octanol–water partition coefficient (Wildman–Crippen LogP) is 3.86. The number of aryl methyl sites for hydroxylation is 1. The van der Waals surface area contributed by atoms with Gasteiger partial charge in [0.25, 0.3) is 0 Å². The maximum Gasteiger partial charge on any atom is 0.427 e. The molecule has 0 saturated carbocycles. The molecule has 3 rings (SSSR count). The first-order valence-corrected chi connectivity index (χ1v) is 6.89. The highest BCUT2D eigenvalue weighted by Gasteiger charge is 2.22. The largest absolute Gasteiger partial charge is 0.434 e. The topological polar surface area (TPSA) is 82.2 Å². The standard InChI is InChI=1S/C16H14N4O3/c1-19-11-17-15(20(21)22)16(19)23-14-9-7-13(8-10-14)18-12-5-3-2-4-6-12/h2-11,18H,1H3. The Morgan fingerprint density at radius 1 is 1.09 bits per heavy atom. The average molecular weight is 310 g/mol. The minimum Gasteiger partial charge on any atom is -0.434 e. The minimum absolute atomic E-state index is 0.0961. The van der Waals surface area contributed by atoms with Gasteiger partial charge in [0.2, 0.25) is 6.33 Å². The summed E-state index contributed by atoms with van der Waals surface area (Å²) < 4.78 is 7.04. The Morgan fingerprint density at radius 3 is 2.39 bits per heavy atom. The molecule has 1 heterocycles. The third-order valence-electron chi connectivity index (χ3n) is 3.17. The molecule has 7 nitrogen and oxygen atoms in total. The van der Waals surface area contributed by atoms with Gasteiger partial charge in [-0.15, -0.1) is 0 Å². The first-order valence-electron chi connectivity index (χ1n) is 6.89. The number of rotatable bonds is 5. The first-order chi connectivity index (χ1) is 11.1. The lowest BCUT2D eigenvalue weighted by Gasteiger charge is -2.08. The third kappa shape index (κ3) is 3.29. The fraction of sp³-hybridized carbons (Fsp3) is 0.0625. The minimum atomic E-state index is -0.569. The van der Waals surface area contributed by atoms with E-state index in [0.29, 0.717) is 5.75 Å². The zero-order valence-electron chi connectivity index (χ0n) is 12.3. The Hall–Kier alpha value is -3.35. The van der Waals surface area contributed by atoms with E-state index in [2.05, 4.69) is 10.3 Å². The number of nitrogens with zero attached hydrogens (tertiary/aromatic N) is 3. The van der Waals surface area contributed by atoms with Crippen LogP contribution in [0.4, 0.5) is 17.2 Å².